The molecule has 2 aromatic heterocycles. The lowest BCUT2D eigenvalue weighted by Gasteiger charge is -2.27. The first-order valence-electron chi connectivity index (χ1n) is 7.97. The zero-order valence-corrected chi connectivity index (χ0v) is 13.8. The number of hydrogen-bond acceptors (Lipinski definition) is 3. The van der Waals surface area contributed by atoms with Crippen LogP contribution in [0.5, 0.6) is 0 Å². The van der Waals surface area contributed by atoms with E-state index in [1.54, 1.807) is 0 Å². The third-order valence-corrected chi connectivity index (χ3v) is 5.64. The Bertz CT molecular complexity index is 550. The molecule has 0 bridgehead atoms. The van der Waals surface area contributed by atoms with E-state index in [4.69, 9.17) is 0 Å². The summed E-state index contributed by atoms with van der Waals surface area (Å²) in [4.78, 5) is 5.96. The molecule has 1 aliphatic rings. The molecule has 0 aliphatic heterocycles. The van der Waals surface area contributed by atoms with Gasteiger partial charge in [0, 0.05) is 35.3 Å². The van der Waals surface area contributed by atoms with Crippen LogP contribution < -0.4 is 5.32 Å². The Morgan fingerprint density at radius 3 is 2.86 bits per heavy atom. The Balaban J connectivity index is 1.70. The largest absolute Gasteiger partial charge is 0.353 e. The Morgan fingerprint density at radius 1 is 1.33 bits per heavy atom. The predicted octanol–water partition coefficient (Wildman–Crippen LogP) is 4.67. The van der Waals surface area contributed by atoms with Gasteiger partial charge in [-0.25, -0.2) is 4.98 Å². The van der Waals surface area contributed by atoms with Gasteiger partial charge in [0.15, 0.2) is 0 Å². The van der Waals surface area contributed by atoms with Crippen molar-refractivity contribution < 1.29 is 0 Å². The number of aromatic nitrogens is 2. The van der Waals surface area contributed by atoms with Crippen LogP contribution in [0.1, 0.15) is 50.8 Å². The molecule has 4 heteroatoms. The van der Waals surface area contributed by atoms with E-state index in [-0.39, 0.29) is 5.41 Å². The summed E-state index contributed by atoms with van der Waals surface area (Å²) in [5, 5.41) is 5.81. The summed E-state index contributed by atoms with van der Waals surface area (Å²) < 4.78 is 2.27. The predicted molar refractivity (Wildman–Crippen MR) is 90.1 cm³/mol. The monoisotopic (exact) mass is 303 g/mol. The van der Waals surface area contributed by atoms with Gasteiger partial charge in [-0.05, 0) is 24.3 Å². The fraction of sp³-hybridized carbons (Fsp3) is 0.588. The Morgan fingerprint density at radius 2 is 2.14 bits per heavy atom. The van der Waals surface area contributed by atoms with Gasteiger partial charge >= 0.3 is 0 Å². The van der Waals surface area contributed by atoms with Gasteiger partial charge < -0.3 is 9.88 Å². The van der Waals surface area contributed by atoms with Crippen molar-refractivity contribution in [2.75, 3.05) is 5.32 Å². The maximum atomic E-state index is 4.53. The molecule has 1 aliphatic carbocycles. The van der Waals surface area contributed by atoms with Crippen molar-refractivity contribution in [1.29, 1.82) is 0 Å². The molecule has 1 fully saturated rings. The molecular weight excluding hydrogens is 278 g/mol. The van der Waals surface area contributed by atoms with Gasteiger partial charge in [-0.2, -0.15) is 0 Å². The Kier molecular flexibility index (Phi) is 4.34. The summed E-state index contributed by atoms with van der Waals surface area (Å²) in [5.74, 6) is 1.03. The number of hydrogen-bond donors (Lipinski definition) is 1. The van der Waals surface area contributed by atoms with Gasteiger partial charge in [0.2, 0.25) is 5.95 Å². The first-order valence-corrected chi connectivity index (χ1v) is 8.85. The van der Waals surface area contributed by atoms with E-state index < -0.39 is 0 Å². The van der Waals surface area contributed by atoms with Crippen molar-refractivity contribution in [1.82, 2.24) is 9.55 Å². The summed E-state index contributed by atoms with van der Waals surface area (Å²) in [5.41, 5.74) is 0.137. The van der Waals surface area contributed by atoms with Crippen molar-refractivity contribution in [3.63, 3.8) is 0 Å². The highest BCUT2D eigenvalue weighted by Gasteiger charge is 2.24. The summed E-state index contributed by atoms with van der Waals surface area (Å²) >= 11 is 1.84. The zero-order valence-electron chi connectivity index (χ0n) is 13.0. The quantitative estimate of drug-likeness (QED) is 0.870. The molecule has 3 nitrogen and oxygen atoms in total. The molecular formula is C17H25N3S. The lowest BCUT2D eigenvalue weighted by atomic mass is 9.91. The Hall–Kier alpha value is -1.29. The molecule has 1 saturated carbocycles. The number of thiophene rings is 1. The van der Waals surface area contributed by atoms with E-state index in [9.17, 15) is 0 Å². The average molecular weight is 303 g/mol. The molecule has 0 spiro atoms. The SMILES string of the molecule is CC(C)(Cn1ccnc1NC1CCCCC1)c1cccs1. The molecule has 3 rings (SSSR count). The van der Waals surface area contributed by atoms with E-state index in [0.717, 1.165) is 12.5 Å². The minimum absolute atomic E-state index is 0.137. The zero-order chi connectivity index (χ0) is 14.7. The van der Waals surface area contributed by atoms with Gasteiger partial charge in [0.25, 0.3) is 0 Å². The fourth-order valence-electron chi connectivity index (χ4n) is 3.17. The molecule has 2 aromatic rings. The van der Waals surface area contributed by atoms with E-state index in [2.05, 4.69) is 52.4 Å². The molecule has 0 saturated heterocycles. The first kappa shape index (κ1) is 14.6. The van der Waals surface area contributed by atoms with Crippen molar-refractivity contribution in [3.8, 4) is 0 Å². The molecule has 21 heavy (non-hydrogen) atoms. The number of imidazole rings is 1. The van der Waals surface area contributed by atoms with Crippen molar-refractivity contribution in [3.05, 3.63) is 34.8 Å². The minimum Gasteiger partial charge on any atom is -0.353 e. The van der Waals surface area contributed by atoms with Gasteiger partial charge in [-0.1, -0.05) is 39.2 Å². The highest BCUT2D eigenvalue weighted by Crippen LogP contribution is 2.30. The average Bonchev–Trinajstić information content (AvgIpc) is 3.12. The normalized spacial score (nSPS) is 17.0. The molecule has 0 unspecified atom stereocenters. The van der Waals surface area contributed by atoms with Gasteiger partial charge in [-0.15, -0.1) is 11.3 Å². The third kappa shape index (κ3) is 3.49. The number of nitrogens with zero attached hydrogens (tertiary/aromatic N) is 2. The summed E-state index contributed by atoms with van der Waals surface area (Å²) in [6.45, 7) is 5.58. The van der Waals surface area contributed by atoms with Crippen LogP contribution in [-0.2, 0) is 12.0 Å². The van der Waals surface area contributed by atoms with Crippen LogP contribution in [0.4, 0.5) is 5.95 Å². The first-order chi connectivity index (χ1) is 10.1. The van der Waals surface area contributed by atoms with E-state index >= 15 is 0 Å². The van der Waals surface area contributed by atoms with Gasteiger partial charge in [-0.3, -0.25) is 0 Å². The molecule has 0 aromatic carbocycles. The van der Waals surface area contributed by atoms with Crippen molar-refractivity contribution >= 4 is 17.3 Å². The van der Waals surface area contributed by atoms with E-state index in [0.29, 0.717) is 6.04 Å². The second kappa shape index (κ2) is 6.22. The van der Waals surface area contributed by atoms with Crippen LogP contribution in [0.15, 0.2) is 29.9 Å². The molecule has 2 heterocycles. The number of nitrogens with one attached hydrogen (secondary N) is 1. The maximum Gasteiger partial charge on any atom is 0.203 e. The topological polar surface area (TPSA) is 29.9 Å². The molecule has 0 amide bonds. The number of rotatable bonds is 5. The summed E-state index contributed by atoms with van der Waals surface area (Å²) in [6.07, 6.45) is 10.6. The van der Waals surface area contributed by atoms with Gasteiger partial charge in [0.05, 0.1) is 0 Å². The van der Waals surface area contributed by atoms with Crippen molar-refractivity contribution in [2.24, 2.45) is 0 Å². The van der Waals surface area contributed by atoms with Crippen LogP contribution in [0.3, 0.4) is 0 Å². The second-order valence-electron chi connectivity index (χ2n) is 6.72. The van der Waals surface area contributed by atoms with Crippen molar-refractivity contribution in [2.45, 2.75) is 64.0 Å². The maximum absolute atomic E-state index is 4.53. The highest BCUT2D eigenvalue weighted by atomic mass is 32.1. The van der Waals surface area contributed by atoms with Crippen LogP contribution in [0.2, 0.25) is 0 Å². The third-order valence-electron chi connectivity index (χ3n) is 4.41. The second-order valence-corrected chi connectivity index (χ2v) is 7.67. The minimum atomic E-state index is 0.137. The van der Waals surface area contributed by atoms with Crippen LogP contribution >= 0.6 is 11.3 Å². The van der Waals surface area contributed by atoms with E-state index in [1.807, 2.05) is 17.5 Å². The standard InChI is InChI=1S/C17H25N3S/c1-17(2,15-9-6-12-21-15)13-20-11-10-18-16(20)19-14-7-4-3-5-8-14/h6,9-12,14H,3-5,7-8,13H2,1-2H3,(H,18,19). The molecule has 114 valence electrons. The Labute approximate surface area is 131 Å². The van der Waals surface area contributed by atoms with Crippen LogP contribution in [-0.4, -0.2) is 15.6 Å². The van der Waals surface area contributed by atoms with Gasteiger partial charge in [0.1, 0.15) is 0 Å². The molecule has 0 atom stereocenters. The van der Waals surface area contributed by atoms with E-state index in [1.165, 1.54) is 37.0 Å². The molecule has 0 radical (unpaired) electrons. The lowest BCUT2D eigenvalue weighted by Crippen LogP contribution is -2.27. The summed E-state index contributed by atoms with van der Waals surface area (Å²) in [6, 6.07) is 4.97. The van der Waals surface area contributed by atoms with Crippen LogP contribution in [0, 0.1) is 0 Å². The highest BCUT2D eigenvalue weighted by molar-refractivity contribution is 7.10. The number of anilines is 1. The van der Waals surface area contributed by atoms with Crippen LogP contribution in [0.25, 0.3) is 0 Å². The smallest absolute Gasteiger partial charge is 0.203 e. The fourth-order valence-corrected chi connectivity index (χ4v) is 4.02. The summed E-state index contributed by atoms with van der Waals surface area (Å²) in [7, 11) is 0. The lowest BCUT2D eigenvalue weighted by molar-refractivity contribution is 0.434. The molecule has 1 N–H and O–H groups in total.